The molecule has 1 aliphatic heterocycles. The Kier molecular flexibility index (Phi) is 4.12. The minimum Gasteiger partial charge on any atom is -0.461 e. The molecule has 1 aromatic rings. The van der Waals surface area contributed by atoms with Gasteiger partial charge in [0, 0.05) is 13.1 Å². The van der Waals surface area contributed by atoms with Crippen LogP contribution in [-0.4, -0.2) is 35.6 Å². The molecule has 0 spiro atoms. The molecule has 98 valence electrons. The van der Waals surface area contributed by atoms with Crippen LogP contribution in [0.15, 0.2) is 6.20 Å². The van der Waals surface area contributed by atoms with Gasteiger partial charge in [0.2, 0.25) is 0 Å². The van der Waals surface area contributed by atoms with Crippen molar-refractivity contribution < 1.29 is 9.53 Å². The first-order valence-corrected chi connectivity index (χ1v) is 6.48. The van der Waals surface area contributed by atoms with Crippen molar-refractivity contribution in [3.8, 4) is 0 Å². The number of aromatic nitrogens is 2. The number of piperidine rings is 1. The quantitative estimate of drug-likeness (QED) is 0.766. The van der Waals surface area contributed by atoms with Crippen molar-refractivity contribution in [1.82, 2.24) is 9.97 Å². The number of hydrogen-bond acceptors (Lipinski definition) is 5. The molecule has 0 atom stereocenters. The van der Waals surface area contributed by atoms with Crippen LogP contribution in [0.3, 0.4) is 0 Å². The van der Waals surface area contributed by atoms with Gasteiger partial charge in [0.05, 0.1) is 18.5 Å². The molecule has 18 heavy (non-hydrogen) atoms. The predicted molar refractivity (Wildman–Crippen MR) is 68.8 cm³/mol. The minimum atomic E-state index is -0.396. The highest BCUT2D eigenvalue weighted by Gasteiger charge is 2.17. The predicted octanol–water partition coefficient (Wildman–Crippen LogP) is 1.95. The Morgan fingerprint density at radius 3 is 2.72 bits per heavy atom. The smallest absolute Gasteiger partial charge is 0.358 e. The largest absolute Gasteiger partial charge is 0.461 e. The average molecular weight is 249 g/mol. The SMILES string of the molecule is CCOC(=O)c1ncc(N2CCCCC2)nc1C. The highest BCUT2D eigenvalue weighted by atomic mass is 16.5. The van der Waals surface area contributed by atoms with Crippen LogP contribution in [0.1, 0.15) is 42.4 Å². The van der Waals surface area contributed by atoms with Crippen molar-refractivity contribution in [2.45, 2.75) is 33.1 Å². The minimum absolute atomic E-state index is 0.317. The normalized spacial score (nSPS) is 15.6. The van der Waals surface area contributed by atoms with Gasteiger partial charge in [0.15, 0.2) is 5.69 Å². The fourth-order valence-corrected chi connectivity index (χ4v) is 2.14. The van der Waals surface area contributed by atoms with E-state index in [0.717, 1.165) is 18.9 Å². The zero-order valence-electron chi connectivity index (χ0n) is 11.0. The van der Waals surface area contributed by atoms with Gasteiger partial charge >= 0.3 is 5.97 Å². The monoisotopic (exact) mass is 249 g/mol. The molecule has 0 aliphatic carbocycles. The molecule has 1 aliphatic rings. The van der Waals surface area contributed by atoms with Crippen molar-refractivity contribution in [2.24, 2.45) is 0 Å². The first-order chi connectivity index (χ1) is 8.72. The van der Waals surface area contributed by atoms with Gasteiger partial charge in [0.1, 0.15) is 5.82 Å². The molecule has 5 nitrogen and oxygen atoms in total. The molecule has 0 aromatic carbocycles. The van der Waals surface area contributed by atoms with Crippen LogP contribution in [0, 0.1) is 6.92 Å². The number of carbonyl (C=O) groups excluding carboxylic acids is 1. The summed E-state index contributed by atoms with van der Waals surface area (Å²) < 4.78 is 4.94. The molecule has 0 unspecified atom stereocenters. The zero-order valence-corrected chi connectivity index (χ0v) is 11.0. The molecular weight excluding hydrogens is 230 g/mol. The lowest BCUT2D eigenvalue weighted by Crippen LogP contribution is -2.30. The molecule has 0 amide bonds. The molecular formula is C13H19N3O2. The molecule has 0 bridgehead atoms. The van der Waals surface area contributed by atoms with Crippen molar-refractivity contribution >= 4 is 11.8 Å². The second-order valence-electron chi connectivity index (χ2n) is 4.43. The summed E-state index contributed by atoms with van der Waals surface area (Å²) >= 11 is 0. The van der Waals surface area contributed by atoms with Crippen molar-refractivity contribution in [2.75, 3.05) is 24.6 Å². The van der Waals surface area contributed by atoms with Gasteiger partial charge in [0.25, 0.3) is 0 Å². The van der Waals surface area contributed by atoms with Gasteiger partial charge in [-0.1, -0.05) is 0 Å². The summed E-state index contributed by atoms with van der Waals surface area (Å²) in [5, 5.41) is 0. The summed E-state index contributed by atoms with van der Waals surface area (Å²) in [7, 11) is 0. The molecule has 2 rings (SSSR count). The number of rotatable bonds is 3. The van der Waals surface area contributed by atoms with Crippen LogP contribution in [0.25, 0.3) is 0 Å². The molecule has 0 saturated carbocycles. The summed E-state index contributed by atoms with van der Waals surface area (Å²) in [6.45, 7) is 5.98. The highest BCUT2D eigenvalue weighted by molar-refractivity contribution is 5.88. The average Bonchev–Trinajstić information content (AvgIpc) is 2.40. The maximum absolute atomic E-state index is 11.6. The van der Waals surface area contributed by atoms with E-state index in [-0.39, 0.29) is 0 Å². The standard InChI is InChI=1S/C13H19N3O2/c1-3-18-13(17)12-10(2)15-11(9-14-12)16-7-5-4-6-8-16/h9H,3-8H2,1-2H3. The fourth-order valence-electron chi connectivity index (χ4n) is 2.14. The molecule has 0 radical (unpaired) electrons. The van der Waals surface area contributed by atoms with Gasteiger partial charge in [-0.2, -0.15) is 0 Å². The Balaban J connectivity index is 2.16. The van der Waals surface area contributed by atoms with Gasteiger partial charge in [-0.15, -0.1) is 0 Å². The Bertz CT molecular complexity index is 428. The fraction of sp³-hybridized carbons (Fsp3) is 0.615. The van der Waals surface area contributed by atoms with E-state index in [4.69, 9.17) is 4.74 Å². The Labute approximate surface area is 107 Å². The number of carbonyl (C=O) groups is 1. The highest BCUT2D eigenvalue weighted by Crippen LogP contribution is 2.18. The van der Waals surface area contributed by atoms with Crippen LogP contribution >= 0.6 is 0 Å². The summed E-state index contributed by atoms with van der Waals surface area (Å²) in [5.74, 6) is 0.466. The van der Waals surface area contributed by atoms with E-state index in [9.17, 15) is 4.79 Å². The van der Waals surface area contributed by atoms with E-state index in [0.29, 0.717) is 18.0 Å². The second-order valence-corrected chi connectivity index (χ2v) is 4.43. The van der Waals surface area contributed by atoms with Gasteiger partial charge in [-0.25, -0.2) is 14.8 Å². The first kappa shape index (κ1) is 12.8. The number of esters is 1. The summed E-state index contributed by atoms with van der Waals surface area (Å²) in [4.78, 5) is 22.5. The number of aryl methyl sites for hydroxylation is 1. The Morgan fingerprint density at radius 1 is 1.39 bits per heavy atom. The van der Waals surface area contributed by atoms with E-state index in [1.807, 2.05) is 0 Å². The van der Waals surface area contributed by atoms with Gasteiger partial charge in [-0.3, -0.25) is 0 Å². The van der Waals surface area contributed by atoms with Crippen molar-refractivity contribution in [3.05, 3.63) is 17.6 Å². The number of hydrogen-bond donors (Lipinski definition) is 0. The van der Waals surface area contributed by atoms with Crippen LogP contribution in [0.5, 0.6) is 0 Å². The Morgan fingerprint density at radius 2 is 2.11 bits per heavy atom. The number of anilines is 1. The Hall–Kier alpha value is -1.65. The third-order valence-electron chi connectivity index (χ3n) is 3.08. The molecule has 0 N–H and O–H groups in total. The van der Waals surface area contributed by atoms with Crippen LogP contribution in [-0.2, 0) is 4.74 Å². The molecule has 1 aromatic heterocycles. The van der Waals surface area contributed by atoms with E-state index in [2.05, 4.69) is 14.9 Å². The van der Waals surface area contributed by atoms with E-state index in [1.54, 1.807) is 20.0 Å². The zero-order chi connectivity index (χ0) is 13.0. The molecule has 1 saturated heterocycles. The van der Waals surface area contributed by atoms with Crippen LogP contribution < -0.4 is 4.90 Å². The third kappa shape index (κ3) is 2.78. The van der Waals surface area contributed by atoms with Crippen molar-refractivity contribution in [3.63, 3.8) is 0 Å². The lowest BCUT2D eigenvalue weighted by molar-refractivity contribution is 0.0518. The maximum Gasteiger partial charge on any atom is 0.358 e. The summed E-state index contributed by atoms with van der Waals surface area (Å²) in [6, 6.07) is 0. The third-order valence-corrected chi connectivity index (χ3v) is 3.08. The van der Waals surface area contributed by atoms with Gasteiger partial charge < -0.3 is 9.64 Å². The van der Waals surface area contributed by atoms with E-state index in [1.165, 1.54) is 19.3 Å². The number of nitrogens with zero attached hydrogens (tertiary/aromatic N) is 3. The lowest BCUT2D eigenvalue weighted by atomic mass is 10.1. The summed E-state index contributed by atoms with van der Waals surface area (Å²) in [6.07, 6.45) is 5.34. The number of ether oxygens (including phenoxy) is 1. The van der Waals surface area contributed by atoms with E-state index < -0.39 is 5.97 Å². The van der Waals surface area contributed by atoms with Crippen LogP contribution in [0.2, 0.25) is 0 Å². The molecule has 1 fully saturated rings. The van der Waals surface area contributed by atoms with Gasteiger partial charge in [-0.05, 0) is 33.1 Å². The second kappa shape index (κ2) is 5.80. The van der Waals surface area contributed by atoms with Crippen molar-refractivity contribution in [1.29, 1.82) is 0 Å². The topological polar surface area (TPSA) is 55.3 Å². The lowest BCUT2D eigenvalue weighted by Gasteiger charge is -2.27. The van der Waals surface area contributed by atoms with E-state index >= 15 is 0 Å². The maximum atomic E-state index is 11.6. The summed E-state index contributed by atoms with van der Waals surface area (Å²) in [5.41, 5.74) is 0.953. The first-order valence-electron chi connectivity index (χ1n) is 6.48. The molecule has 5 heteroatoms. The van der Waals surface area contributed by atoms with Crippen LogP contribution in [0.4, 0.5) is 5.82 Å². The molecule has 2 heterocycles.